The molecule has 116 valence electrons. The average molecular weight is 313 g/mol. The smallest absolute Gasteiger partial charge is 0.274 e. The number of aryl methyl sites for hydroxylation is 1. The summed E-state index contributed by atoms with van der Waals surface area (Å²) in [5, 5.41) is 4.07. The predicted octanol–water partition coefficient (Wildman–Crippen LogP) is -0.304. The number of ether oxygens (including phenoxy) is 1. The van der Waals surface area contributed by atoms with Gasteiger partial charge in [-0.15, -0.1) is 0 Å². The molecule has 0 aliphatic carbocycles. The van der Waals surface area contributed by atoms with E-state index in [0.717, 1.165) is 0 Å². The highest BCUT2D eigenvalue weighted by molar-refractivity contribution is 7.93. The summed E-state index contributed by atoms with van der Waals surface area (Å²) in [5.41, 5.74) is 0.353. The summed E-state index contributed by atoms with van der Waals surface area (Å²) >= 11 is 0. The number of methoxy groups -OCH3 is 1. The summed E-state index contributed by atoms with van der Waals surface area (Å²) < 4.78 is 30.6. The fourth-order valence-electron chi connectivity index (χ4n) is 3.34. The molecule has 1 spiro atoms. The molecule has 1 amide bonds. The molecule has 8 heteroatoms. The van der Waals surface area contributed by atoms with Crippen LogP contribution in [0, 0.1) is 5.92 Å². The average Bonchev–Trinajstić information content (AvgIpc) is 2.90. The van der Waals surface area contributed by atoms with Crippen LogP contribution in [0.1, 0.15) is 16.9 Å². The third-order valence-corrected chi connectivity index (χ3v) is 7.21. The molecule has 2 aliphatic heterocycles. The number of aromatic nitrogens is 2. The van der Waals surface area contributed by atoms with Gasteiger partial charge < -0.3 is 9.64 Å². The van der Waals surface area contributed by atoms with E-state index in [0.29, 0.717) is 18.7 Å². The van der Waals surface area contributed by atoms with E-state index in [1.54, 1.807) is 36.0 Å². The van der Waals surface area contributed by atoms with Crippen LogP contribution in [0.2, 0.25) is 0 Å². The van der Waals surface area contributed by atoms with Crippen LogP contribution in [0.4, 0.5) is 0 Å². The monoisotopic (exact) mass is 313 g/mol. The summed E-state index contributed by atoms with van der Waals surface area (Å²) in [6.45, 7) is 0.919. The maximum atomic E-state index is 12.3. The van der Waals surface area contributed by atoms with Crippen LogP contribution in [0.5, 0.6) is 0 Å². The molecule has 2 aliphatic rings. The Bertz CT molecular complexity index is 661. The summed E-state index contributed by atoms with van der Waals surface area (Å²) in [6, 6.07) is 1.64. The number of hydrogen-bond acceptors (Lipinski definition) is 5. The topological polar surface area (TPSA) is 81.5 Å². The van der Waals surface area contributed by atoms with Crippen molar-refractivity contribution in [3.8, 4) is 0 Å². The molecule has 0 saturated carbocycles. The van der Waals surface area contributed by atoms with Crippen molar-refractivity contribution in [2.45, 2.75) is 11.2 Å². The molecule has 0 bridgehead atoms. The molecule has 2 fully saturated rings. The van der Waals surface area contributed by atoms with E-state index in [4.69, 9.17) is 4.74 Å². The standard InChI is InChI=1S/C13H19N3O4S/c1-15-5-3-11(14-15)12(17)16-8-13(9-16)10(7-20-2)4-6-21(13,18)19/h3,5,10H,4,6-9H2,1-2H3. The lowest BCUT2D eigenvalue weighted by atomic mass is 9.83. The van der Waals surface area contributed by atoms with Gasteiger partial charge in [-0.05, 0) is 12.5 Å². The first-order valence-electron chi connectivity index (χ1n) is 6.90. The molecule has 3 rings (SSSR count). The van der Waals surface area contributed by atoms with Gasteiger partial charge in [0, 0.05) is 39.4 Å². The lowest BCUT2D eigenvalue weighted by Gasteiger charge is -2.49. The Hall–Kier alpha value is -1.41. The molecular formula is C13H19N3O4S. The van der Waals surface area contributed by atoms with Gasteiger partial charge in [-0.2, -0.15) is 5.10 Å². The lowest BCUT2D eigenvalue weighted by molar-refractivity contribution is 0.0331. The highest BCUT2D eigenvalue weighted by Crippen LogP contribution is 2.45. The Kier molecular flexibility index (Phi) is 3.32. The second kappa shape index (κ2) is 4.81. The van der Waals surface area contributed by atoms with Gasteiger partial charge in [0.15, 0.2) is 9.84 Å². The Morgan fingerprint density at radius 2 is 2.24 bits per heavy atom. The summed E-state index contributed by atoms with van der Waals surface area (Å²) in [6.07, 6.45) is 2.31. The number of carbonyl (C=O) groups is 1. The number of hydrogen-bond donors (Lipinski definition) is 0. The van der Waals surface area contributed by atoms with Crippen LogP contribution >= 0.6 is 0 Å². The van der Waals surface area contributed by atoms with Gasteiger partial charge >= 0.3 is 0 Å². The van der Waals surface area contributed by atoms with Crippen LogP contribution in [0.3, 0.4) is 0 Å². The third kappa shape index (κ3) is 2.08. The van der Waals surface area contributed by atoms with Crippen molar-refractivity contribution in [3.63, 3.8) is 0 Å². The second-order valence-corrected chi connectivity index (χ2v) is 8.31. The summed E-state index contributed by atoms with van der Waals surface area (Å²) in [7, 11) is 0.154. The highest BCUT2D eigenvalue weighted by atomic mass is 32.2. The molecule has 0 aromatic carbocycles. The van der Waals surface area contributed by atoms with Crippen molar-refractivity contribution in [1.29, 1.82) is 0 Å². The van der Waals surface area contributed by atoms with E-state index in [1.807, 2.05) is 0 Å². The second-order valence-electron chi connectivity index (χ2n) is 5.86. The van der Waals surface area contributed by atoms with Gasteiger partial charge in [0.1, 0.15) is 10.4 Å². The van der Waals surface area contributed by atoms with Crippen LogP contribution < -0.4 is 0 Å². The first-order valence-corrected chi connectivity index (χ1v) is 8.55. The normalized spacial score (nSPS) is 26.0. The molecule has 3 heterocycles. The predicted molar refractivity (Wildman–Crippen MR) is 75.6 cm³/mol. The van der Waals surface area contributed by atoms with Gasteiger partial charge in [-0.3, -0.25) is 9.48 Å². The number of carbonyl (C=O) groups excluding carboxylic acids is 1. The van der Waals surface area contributed by atoms with E-state index in [9.17, 15) is 13.2 Å². The van der Waals surface area contributed by atoms with E-state index in [2.05, 4.69) is 5.10 Å². The Balaban J connectivity index is 1.77. The largest absolute Gasteiger partial charge is 0.384 e. The third-order valence-electron chi connectivity index (χ3n) is 4.60. The minimum absolute atomic E-state index is 0.0275. The molecular weight excluding hydrogens is 294 g/mol. The minimum atomic E-state index is -3.16. The number of rotatable bonds is 3. The van der Waals surface area contributed by atoms with Crippen molar-refractivity contribution in [2.24, 2.45) is 13.0 Å². The van der Waals surface area contributed by atoms with Crippen molar-refractivity contribution in [2.75, 3.05) is 32.6 Å². The Morgan fingerprint density at radius 1 is 1.52 bits per heavy atom. The molecule has 21 heavy (non-hydrogen) atoms. The fourth-order valence-corrected chi connectivity index (χ4v) is 5.74. The van der Waals surface area contributed by atoms with E-state index in [1.165, 1.54) is 0 Å². The molecule has 1 atom stereocenters. The van der Waals surface area contributed by atoms with Crippen LogP contribution in [-0.4, -0.2) is 66.3 Å². The number of amides is 1. The van der Waals surface area contributed by atoms with Crippen LogP contribution in [0.25, 0.3) is 0 Å². The highest BCUT2D eigenvalue weighted by Gasteiger charge is 2.62. The molecule has 7 nitrogen and oxygen atoms in total. The van der Waals surface area contributed by atoms with Gasteiger partial charge in [-0.25, -0.2) is 8.42 Å². The van der Waals surface area contributed by atoms with Crippen molar-refractivity contribution >= 4 is 15.7 Å². The zero-order valence-electron chi connectivity index (χ0n) is 12.2. The molecule has 0 N–H and O–H groups in total. The molecule has 1 unspecified atom stereocenters. The van der Waals surface area contributed by atoms with Crippen molar-refractivity contribution < 1.29 is 17.9 Å². The Labute approximate surface area is 123 Å². The Morgan fingerprint density at radius 3 is 2.81 bits per heavy atom. The SMILES string of the molecule is COCC1CCS(=O)(=O)C12CN(C(=O)c1ccn(C)n1)C2. The van der Waals surface area contributed by atoms with E-state index in [-0.39, 0.29) is 30.7 Å². The summed E-state index contributed by atoms with van der Waals surface area (Å²) in [5.74, 6) is -0.0492. The maximum absolute atomic E-state index is 12.3. The first-order chi connectivity index (χ1) is 9.89. The number of nitrogens with zero attached hydrogens (tertiary/aromatic N) is 3. The summed E-state index contributed by atoms with van der Waals surface area (Å²) in [4.78, 5) is 13.8. The molecule has 1 aromatic heterocycles. The van der Waals surface area contributed by atoms with Gasteiger partial charge in [-0.1, -0.05) is 0 Å². The first kappa shape index (κ1) is 14.5. The van der Waals surface area contributed by atoms with Crippen molar-refractivity contribution in [1.82, 2.24) is 14.7 Å². The zero-order chi connectivity index (χ0) is 15.3. The van der Waals surface area contributed by atoms with Crippen LogP contribution in [-0.2, 0) is 21.6 Å². The lowest BCUT2D eigenvalue weighted by Crippen LogP contribution is -2.68. The van der Waals surface area contributed by atoms with E-state index < -0.39 is 14.6 Å². The molecule has 0 radical (unpaired) electrons. The van der Waals surface area contributed by atoms with Gasteiger partial charge in [0.25, 0.3) is 5.91 Å². The zero-order valence-corrected chi connectivity index (χ0v) is 13.0. The molecule has 2 saturated heterocycles. The van der Waals surface area contributed by atoms with Gasteiger partial charge in [0.2, 0.25) is 0 Å². The molecule has 1 aromatic rings. The minimum Gasteiger partial charge on any atom is -0.384 e. The van der Waals surface area contributed by atoms with E-state index >= 15 is 0 Å². The quantitative estimate of drug-likeness (QED) is 0.765. The number of sulfone groups is 1. The van der Waals surface area contributed by atoms with Gasteiger partial charge in [0.05, 0.1) is 12.4 Å². The maximum Gasteiger partial charge on any atom is 0.274 e. The van der Waals surface area contributed by atoms with Crippen molar-refractivity contribution in [3.05, 3.63) is 18.0 Å². The number of likely N-dealkylation sites (tertiary alicyclic amines) is 1. The van der Waals surface area contributed by atoms with Crippen LogP contribution in [0.15, 0.2) is 12.3 Å². The fraction of sp³-hybridized carbons (Fsp3) is 0.692.